The quantitative estimate of drug-likeness (QED) is 0.372. The molecule has 2 aromatic carbocycles. The molecule has 0 aliphatic heterocycles. The monoisotopic (exact) mass is 386 g/mol. The van der Waals surface area contributed by atoms with Crippen molar-refractivity contribution in [1.29, 1.82) is 0 Å². The van der Waals surface area contributed by atoms with Crippen LogP contribution in [0, 0.1) is 0 Å². The fourth-order valence-corrected chi connectivity index (χ4v) is 2.41. The summed E-state index contributed by atoms with van der Waals surface area (Å²) in [5, 5.41) is 0. The third-order valence-electron chi connectivity index (χ3n) is 3.76. The van der Waals surface area contributed by atoms with Crippen molar-refractivity contribution in [2.75, 3.05) is 27.9 Å². The van der Waals surface area contributed by atoms with E-state index in [0.717, 1.165) is 5.56 Å². The normalized spacial score (nSPS) is 9.96. The second kappa shape index (κ2) is 10.0. The predicted octanol–water partition coefficient (Wildman–Crippen LogP) is 3.20. The molecule has 0 aliphatic carbocycles. The maximum absolute atomic E-state index is 12.1. The summed E-state index contributed by atoms with van der Waals surface area (Å²) in [6, 6.07) is 9.75. The Bertz CT molecular complexity index is 858. The van der Waals surface area contributed by atoms with Crippen LogP contribution < -0.4 is 18.9 Å². The van der Waals surface area contributed by atoms with E-state index in [1.165, 1.54) is 39.5 Å². The van der Waals surface area contributed by atoms with Crippen LogP contribution in [0.4, 0.5) is 0 Å². The Morgan fingerprint density at radius 2 is 1.61 bits per heavy atom. The van der Waals surface area contributed by atoms with Crippen LogP contribution >= 0.6 is 0 Å². The van der Waals surface area contributed by atoms with E-state index < -0.39 is 11.9 Å². The third kappa shape index (κ3) is 5.26. The first-order valence-corrected chi connectivity index (χ1v) is 8.40. The molecule has 0 fully saturated rings. The number of ether oxygens (including phenoxy) is 5. The van der Waals surface area contributed by atoms with E-state index in [2.05, 4.69) is 11.3 Å². The van der Waals surface area contributed by atoms with Crippen LogP contribution in [0.5, 0.6) is 23.0 Å². The standard InChI is InChI=1S/C21H22O7/c1-5-6-14-7-9-16(18(11-14)24-2)27-13-20(22)28-17-10-8-15(21(23)26-4)12-19(17)25-3/h5,7-12H,1,6,13H2,2-4H3. The molecule has 0 spiro atoms. The maximum atomic E-state index is 12.1. The molecule has 0 bridgehead atoms. The molecule has 28 heavy (non-hydrogen) atoms. The zero-order chi connectivity index (χ0) is 20.5. The molecule has 0 amide bonds. The first-order valence-electron chi connectivity index (χ1n) is 8.40. The highest BCUT2D eigenvalue weighted by Gasteiger charge is 2.15. The van der Waals surface area contributed by atoms with E-state index >= 15 is 0 Å². The molecule has 7 heteroatoms. The minimum Gasteiger partial charge on any atom is -0.493 e. The van der Waals surface area contributed by atoms with Gasteiger partial charge in [0.2, 0.25) is 0 Å². The second-order valence-electron chi connectivity index (χ2n) is 5.60. The molecular weight excluding hydrogens is 364 g/mol. The van der Waals surface area contributed by atoms with Gasteiger partial charge in [-0.1, -0.05) is 12.1 Å². The Morgan fingerprint density at radius 1 is 0.929 bits per heavy atom. The summed E-state index contributed by atoms with van der Waals surface area (Å²) >= 11 is 0. The van der Waals surface area contributed by atoms with Crippen LogP contribution in [0.2, 0.25) is 0 Å². The smallest absolute Gasteiger partial charge is 0.349 e. The number of hydrogen-bond donors (Lipinski definition) is 0. The van der Waals surface area contributed by atoms with Crippen molar-refractivity contribution in [3.63, 3.8) is 0 Å². The van der Waals surface area contributed by atoms with E-state index in [-0.39, 0.29) is 23.7 Å². The van der Waals surface area contributed by atoms with E-state index in [9.17, 15) is 9.59 Å². The van der Waals surface area contributed by atoms with Gasteiger partial charge in [0.1, 0.15) is 0 Å². The minimum absolute atomic E-state index is 0.164. The van der Waals surface area contributed by atoms with Gasteiger partial charge in [0.25, 0.3) is 0 Å². The van der Waals surface area contributed by atoms with Gasteiger partial charge in [-0.3, -0.25) is 0 Å². The molecule has 0 atom stereocenters. The Balaban J connectivity index is 2.04. The number of hydrogen-bond acceptors (Lipinski definition) is 7. The van der Waals surface area contributed by atoms with Crippen LogP contribution in [-0.4, -0.2) is 39.9 Å². The highest BCUT2D eigenvalue weighted by Crippen LogP contribution is 2.30. The van der Waals surface area contributed by atoms with E-state index in [0.29, 0.717) is 17.9 Å². The Morgan fingerprint density at radius 3 is 2.25 bits per heavy atom. The van der Waals surface area contributed by atoms with Crippen molar-refractivity contribution in [2.24, 2.45) is 0 Å². The Labute approximate surface area is 163 Å². The minimum atomic E-state index is -0.638. The fraction of sp³-hybridized carbons (Fsp3) is 0.238. The number of esters is 2. The van der Waals surface area contributed by atoms with Gasteiger partial charge in [-0.15, -0.1) is 6.58 Å². The second-order valence-corrected chi connectivity index (χ2v) is 5.60. The molecule has 7 nitrogen and oxygen atoms in total. The number of benzene rings is 2. The van der Waals surface area contributed by atoms with Gasteiger partial charge in [0, 0.05) is 0 Å². The lowest BCUT2D eigenvalue weighted by atomic mass is 10.1. The van der Waals surface area contributed by atoms with Gasteiger partial charge in [0.05, 0.1) is 26.9 Å². The van der Waals surface area contributed by atoms with Crippen LogP contribution in [0.15, 0.2) is 49.1 Å². The highest BCUT2D eigenvalue weighted by molar-refractivity contribution is 5.90. The SMILES string of the molecule is C=CCc1ccc(OCC(=O)Oc2ccc(C(=O)OC)cc2OC)c(OC)c1. The third-order valence-corrected chi connectivity index (χ3v) is 3.76. The predicted molar refractivity (Wildman–Crippen MR) is 102 cm³/mol. The van der Waals surface area contributed by atoms with Crippen molar-refractivity contribution < 1.29 is 33.3 Å². The van der Waals surface area contributed by atoms with Crippen LogP contribution in [0.25, 0.3) is 0 Å². The van der Waals surface area contributed by atoms with Crippen molar-refractivity contribution in [2.45, 2.75) is 6.42 Å². The first-order chi connectivity index (χ1) is 13.5. The van der Waals surface area contributed by atoms with Crippen LogP contribution in [0.3, 0.4) is 0 Å². The lowest BCUT2D eigenvalue weighted by Gasteiger charge is -2.13. The molecule has 0 unspecified atom stereocenters. The highest BCUT2D eigenvalue weighted by atomic mass is 16.6. The molecule has 0 aliphatic rings. The number of methoxy groups -OCH3 is 3. The molecule has 0 heterocycles. The number of allylic oxidation sites excluding steroid dienone is 1. The van der Waals surface area contributed by atoms with Gasteiger partial charge in [-0.25, -0.2) is 9.59 Å². The topological polar surface area (TPSA) is 80.3 Å². The van der Waals surface area contributed by atoms with Gasteiger partial charge >= 0.3 is 11.9 Å². The molecular formula is C21H22O7. The average molecular weight is 386 g/mol. The van der Waals surface area contributed by atoms with Crippen molar-refractivity contribution in [1.82, 2.24) is 0 Å². The molecule has 148 valence electrons. The average Bonchev–Trinajstić information content (AvgIpc) is 2.72. The van der Waals surface area contributed by atoms with Gasteiger partial charge < -0.3 is 23.7 Å². The molecule has 2 rings (SSSR count). The van der Waals surface area contributed by atoms with Gasteiger partial charge in [-0.2, -0.15) is 0 Å². The molecule has 0 saturated heterocycles. The fourth-order valence-electron chi connectivity index (χ4n) is 2.41. The maximum Gasteiger partial charge on any atom is 0.349 e. The van der Waals surface area contributed by atoms with E-state index in [4.69, 9.17) is 18.9 Å². The largest absolute Gasteiger partial charge is 0.493 e. The first kappa shape index (κ1) is 20.8. The molecule has 0 radical (unpaired) electrons. The molecule has 0 aromatic heterocycles. The summed E-state index contributed by atoms with van der Waals surface area (Å²) in [7, 11) is 4.20. The molecule has 2 aromatic rings. The number of carbonyl (C=O) groups excluding carboxylic acids is 2. The molecule has 0 saturated carbocycles. The number of carbonyl (C=O) groups is 2. The van der Waals surface area contributed by atoms with Gasteiger partial charge in [-0.05, 0) is 42.3 Å². The zero-order valence-electron chi connectivity index (χ0n) is 16.0. The summed E-state index contributed by atoms with van der Waals surface area (Å²) < 4.78 is 25.9. The van der Waals surface area contributed by atoms with Gasteiger partial charge in [0.15, 0.2) is 29.6 Å². The van der Waals surface area contributed by atoms with Crippen molar-refractivity contribution >= 4 is 11.9 Å². The Hall–Kier alpha value is -3.48. The summed E-state index contributed by atoms with van der Waals surface area (Å²) in [4.78, 5) is 23.7. The summed E-state index contributed by atoms with van der Waals surface area (Å²) in [6.07, 6.45) is 2.48. The molecule has 0 N–H and O–H groups in total. The van der Waals surface area contributed by atoms with Crippen LogP contribution in [0.1, 0.15) is 15.9 Å². The summed E-state index contributed by atoms with van der Waals surface area (Å²) in [5.74, 6) is 0.153. The van der Waals surface area contributed by atoms with E-state index in [1.807, 2.05) is 12.1 Å². The zero-order valence-corrected chi connectivity index (χ0v) is 16.0. The van der Waals surface area contributed by atoms with E-state index in [1.54, 1.807) is 12.1 Å². The Kier molecular flexibility index (Phi) is 7.45. The lowest BCUT2D eigenvalue weighted by molar-refractivity contribution is -0.136. The summed E-state index contributed by atoms with van der Waals surface area (Å²) in [6.45, 7) is 3.36. The number of rotatable bonds is 9. The van der Waals surface area contributed by atoms with Crippen LogP contribution in [-0.2, 0) is 16.0 Å². The lowest BCUT2D eigenvalue weighted by Crippen LogP contribution is -2.18. The van der Waals surface area contributed by atoms with Crippen molar-refractivity contribution in [3.8, 4) is 23.0 Å². The summed E-state index contributed by atoms with van der Waals surface area (Å²) in [5.41, 5.74) is 1.29. The van der Waals surface area contributed by atoms with Crippen molar-refractivity contribution in [3.05, 3.63) is 60.2 Å².